The van der Waals surface area contributed by atoms with Gasteiger partial charge in [0, 0.05) is 11.2 Å². The van der Waals surface area contributed by atoms with Gasteiger partial charge >= 0.3 is 0 Å². The molecular weight excluding hydrogens is 376 g/mol. The van der Waals surface area contributed by atoms with Crippen LogP contribution in [0, 0.1) is 18.3 Å². The zero-order chi connectivity index (χ0) is 21.3. The van der Waals surface area contributed by atoms with E-state index in [-0.39, 0.29) is 23.0 Å². The van der Waals surface area contributed by atoms with Crippen LogP contribution in [0.1, 0.15) is 29.8 Å². The molecule has 1 unspecified atom stereocenters. The van der Waals surface area contributed by atoms with Gasteiger partial charge in [-0.2, -0.15) is 5.26 Å². The number of hydrogen-bond donors (Lipinski definition) is 2. The lowest BCUT2D eigenvalue weighted by molar-refractivity contribution is 0.863. The Balaban J connectivity index is 1.93. The number of hydrogen-bond acceptors (Lipinski definition) is 6. The highest BCUT2D eigenvalue weighted by Gasteiger charge is 2.20. The van der Waals surface area contributed by atoms with Crippen molar-refractivity contribution in [3.8, 4) is 17.2 Å². The first-order valence-corrected chi connectivity index (χ1v) is 9.49. The molecule has 148 valence electrons. The number of nitrogens with two attached hydrogens (primary N) is 1. The van der Waals surface area contributed by atoms with Crippen LogP contribution in [0.2, 0.25) is 0 Å². The second-order valence-corrected chi connectivity index (χ2v) is 7.03. The molecule has 0 bridgehead atoms. The lowest BCUT2D eigenvalue weighted by atomic mass is 9.96. The van der Waals surface area contributed by atoms with Crippen LogP contribution in [0.5, 0.6) is 0 Å². The smallest absolute Gasteiger partial charge is 0.263 e. The zero-order valence-electron chi connectivity index (χ0n) is 16.6. The molecule has 0 aliphatic heterocycles. The first kappa shape index (κ1) is 19.2. The molecule has 0 spiro atoms. The second-order valence-electron chi connectivity index (χ2n) is 7.03. The fraction of sp³-hybridized carbons (Fsp3) is 0.130. The average Bonchev–Trinajstić information content (AvgIpc) is 2.74. The van der Waals surface area contributed by atoms with Gasteiger partial charge in [0.2, 0.25) is 0 Å². The van der Waals surface area contributed by atoms with E-state index < -0.39 is 0 Å². The monoisotopic (exact) mass is 396 g/mol. The summed E-state index contributed by atoms with van der Waals surface area (Å²) in [5.41, 5.74) is 9.79. The molecule has 7 nitrogen and oxygen atoms in total. The van der Waals surface area contributed by atoms with Crippen molar-refractivity contribution in [1.82, 2.24) is 14.4 Å². The molecule has 4 rings (SSSR count). The Morgan fingerprint density at radius 1 is 1.13 bits per heavy atom. The molecule has 3 heterocycles. The van der Waals surface area contributed by atoms with Crippen LogP contribution in [-0.2, 0) is 0 Å². The molecule has 1 atom stereocenters. The molecule has 0 amide bonds. The number of aromatic nitrogens is 3. The van der Waals surface area contributed by atoms with Gasteiger partial charge < -0.3 is 11.1 Å². The van der Waals surface area contributed by atoms with E-state index >= 15 is 0 Å². The van der Waals surface area contributed by atoms with Gasteiger partial charge in [0.15, 0.2) is 0 Å². The molecule has 0 radical (unpaired) electrons. The van der Waals surface area contributed by atoms with Crippen LogP contribution < -0.4 is 16.6 Å². The van der Waals surface area contributed by atoms with Crippen molar-refractivity contribution in [3.63, 3.8) is 0 Å². The summed E-state index contributed by atoms with van der Waals surface area (Å²) >= 11 is 0. The van der Waals surface area contributed by atoms with Gasteiger partial charge in [-0.3, -0.25) is 9.20 Å². The van der Waals surface area contributed by atoms with Crippen LogP contribution in [0.25, 0.3) is 16.6 Å². The highest BCUT2D eigenvalue weighted by molar-refractivity contribution is 5.72. The number of aryl methyl sites for hydroxylation is 1. The Bertz CT molecular complexity index is 1340. The Morgan fingerprint density at radius 3 is 2.63 bits per heavy atom. The molecule has 0 saturated carbocycles. The van der Waals surface area contributed by atoms with Gasteiger partial charge in [-0.05, 0) is 43.2 Å². The third-order valence-corrected chi connectivity index (χ3v) is 5.09. The molecular formula is C23H20N6O. The first-order valence-electron chi connectivity index (χ1n) is 9.49. The highest BCUT2D eigenvalue weighted by Crippen LogP contribution is 2.30. The summed E-state index contributed by atoms with van der Waals surface area (Å²) in [5.74, 6) is 0.445. The van der Waals surface area contributed by atoms with Crippen LogP contribution in [0.3, 0.4) is 0 Å². The summed E-state index contributed by atoms with van der Waals surface area (Å²) in [7, 11) is 0. The summed E-state index contributed by atoms with van der Waals surface area (Å²) in [6.45, 7) is 3.83. The molecule has 0 aliphatic rings. The quantitative estimate of drug-likeness (QED) is 0.544. The number of nitrogens with zero attached hydrogens (tertiary/aromatic N) is 4. The minimum Gasteiger partial charge on any atom is -0.382 e. The largest absolute Gasteiger partial charge is 0.382 e. The second kappa shape index (κ2) is 7.68. The van der Waals surface area contributed by atoms with Gasteiger partial charge in [-0.15, -0.1) is 0 Å². The molecule has 4 aromatic rings. The molecule has 1 aromatic carbocycles. The van der Waals surface area contributed by atoms with Gasteiger partial charge in [0.05, 0.1) is 11.6 Å². The Hall–Kier alpha value is -4.18. The van der Waals surface area contributed by atoms with Gasteiger partial charge in [0.25, 0.3) is 5.56 Å². The van der Waals surface area contributed by atoms with Crippen molar-refractivity contribution in [2.45, 2.75) is 19.9 Å². The SMILES string of the molecule is Cc1cccc2cc(C(C)Nc3ncnc(N)c3C#N)c(-c3ccccc3)c(=O)n12. The maximum Gasteiger partial charge on any atom is 0.263 e. The van der Waals surface area contributed by atoms with Crippen LogP contribution in [0.4, 0.5) is 11.6 Å². The van der Waals surface area contributed by atoms with E-state index in [0.29, 0.717) is 11.4 Å². The third-order valence-electron chi connectivity index (χ3n) is 5.09. The number of nitrogens with one attached hydrogen (secondary N) is 1. The Kier molecular flexibility index (Phi) is 4.90. The summed E-state index contributed by atoms with van der Waals surface area (Å²) in [4.78, 5) is 21.6. The molecule has 0 saturated heterocycles. The number of fused-ring (bicyclic) bond motifs is 1. The minimum absolute atomic E-state index is 0.0943. The molecule has 0 fully saturated rings. The normalized spacial score (nSPS) is 11.8. The lowest BCUT2D eigenvalue weighted by Crippen LogP contribution is -2.22. The van der Waals surface area contributed by atoms with Crippen LogP contribution >= 0.6 is 0 Å². The van der Waals surface area contributed by atoms with E-state index in [1.807, 2.05) is 74.5 Å². The number of nitriles is 1. The van der Waals surface area contributed by atoms with Gasteiger partial charge in [-0.25, -0.2) is 9.97 Å². The maximum atomic E-state index is 13.5. The number of anilines is 2. The minimum atomic E-state index is -0.320. The highest BCUT2D eigenvalue weighted by atomic mass is 16.1. The number of rotatable bonds is 4. The van der Waals surface area contributed by atoms with E-state index in [1.54, 1.807) is 4.40 Å². The molecule has 7 heteroatoms. The van der Waals surface area contributed by atoms with E-state index in [9.17, 15) is 10.1 Å². The Morgan fingerprint density at radius 2 is 1.90 bits per heavy atom. The maximum absolute atomic E-state index is 13.5. The predicted octanol–water partition coefficient (Wildman–Crippen LogP) is 3.69. The van der Waals surface area contributed by atoms with Crippen molar-refractivity contribution in [2.75, 3.05) is 11.1 Å². The van der Waals surface area contributed by atoms with Crippen molar-refractivity contribution in [3.05, 3.63) is 88.1 Å². The van der Waals surface area contributed by atoms with Crippen molar-refractivity contribution < 1.29 is 0 Å². The van der Waals surface area contributed by atoms with E-state index in [2.05, 4.69) is 15.3 Å². The summed E-state index contributed by atoms with van der Waals surface area (Å²) < 4.78 is 1.71. The topological polar surface area (TPSA) is 109 Å². The van der Waals surface area contributed by atoms with Gasteiger partial charge in [-0.1, -0.05) is 36.4 Å². The summed E-state index contributed by atoms with van der Waals surface area (Å²) in [5, 5.41) is 12.7. The van der Waals surface area contributed by atoms with E-state index in [4.69, 9.17) is 5.73 Å². The lowest BCUT2D eigenvalue weighted by Gasteiger charge is -2.21. The molecule has 30 heavy (non-hydrogen) atoms. The van der Waals surface area contributed by atoms with Gasteiger partial charge in [0.1, 0.15) is 29.6 Å². The Labute approximate surface area is 173 Å². The van der Waals surface area contributed by atoms with Crippen molar-refractivity contribution in [2.24, 2.45) is 0 Å². The third kappa shape index (κ3) is 3.25. The number of pyridine rings is 2. The van der Waals surface area contributed by atoms with E-state index in [1.165, 1.54) is 6.33 Å². The molecule has 3 aromatic heterocycles. The fourth-order valence-electron chi connectivity index (χ4n) is 3.63. The van der Waals surface area contributed by atoms with Crippen molar-refractivity contribution in [1.29, 1.82) is 5.26 Å². The average molecular weight is 396 g/mol. The van der Waals surface area contributed by atoms with E-state index in [0.717, 1.165) is 22.3 Å². The van der Waals surface area contributed by atoms with Crippen LogP contribution in [-0.4, -0.2) is 14.4 Å². The summed E-state index contributed by atoms with van der Waals surface area (Å²) in [6, 6.07) is 19.0. The summed E-state index contributed by atoms with van der Waals surface area (Å²) in [6.07, 6.45) is 1.31. The molecule has 3 N–H and O–H groups in total. The predicted molar refractivity (Wildman–Crippen MR) is 117 cm³/mol. The first-order chi connectivity index (χ1) is 14.5. The number of nitrogen functional groups attached to an aromatic ring is 1. The molecule has 0 aliphatic carbocycles. The fourth-order valence-corrected chi connectivity index (χ4v) is 3.63. The van der Waals surface area contributed by atoms with Crippen molar-refractivity contribution >= 4 is 17.2 Å². The number of benzene rings is 1. The van der Waals surface area contributed by atoms with Crippen LogP contribution in [0.15, 0.2) is 65.7 Å². The zero-order valence-corrected chi connectivity index (χ0v) is 16.6. The standard InChI is InChI=1S/C23H20N6O/c1-14-7-6-10-17-11-18(15(2)28-22-19(12-24)21(25)26-13-27-22)20(23(30)29(14)17)16-8-4-3-5-9-16/h3-11,13,15H,1-2H3,(H3,25,26,27,28).